The molecule has 0 atom stereocenters. The Hall–Kier alpha value is -1.25. The second kappa shape index (κ2) is 9.70. The zero-order valence-electron chi connectivity index (χ0n) is 13.1. The van der Waals surface area contributed by atoms with Crippen LogP contribution in [0, 0.1) is 5.92 Å². The molecule has 0 spiro atoms. The lowest BCUT2D eigenvalue weighted by molar-refractivity contribution is -0.146. The fourth-order valence-corrected chi connectivity index (χ4v) is 2.47. The number of rotatable bonds is 4. The zero-order chi connectivity index (χ0) is 15.1. The van der Waals surface area contributed by atoms with E-state index in [0.717, 1.165) is 44.2 Å². The summed E-state index contributed by atoms with van der Waals surface area (Å²) in [6.07, 6.45) is 3.26. The van der Waals surface area contributed by atoms with Gasteiger partial charge in [-0.3, -0.25) is 4.79 Å². The summed E-state index contributed by atoms with van der Waals surface area (Å²) in [7, 11) is 1.45. The molecule has 1 saturated heterocycles. The van der Waals surface area contributed by atoms with E-state index in [-0.39, 0.29) is 35.9 Å². The monoisotopic (exact) mass is 421 g/mol. The summed E-state index contributed by atoms with van der Waals surface area (Å²) in [5.41, 5.74) is 0. The normalized spacial score (nSPS) is 16.1. The standard InChI is InChI=1S/C15H23N3O3.HI/c1-3-16-15(17-11-13-5-4-10-21-13)18-8-6-12(7-9-18)14(19)20-2;/h4-5,10,12H,3,6-9,11H2,1-2H3,(H,16,17);1H. The van der Waals surface area contributed by atoms with Crippen LogP contribution in [0.2, 0.25) is 0 Å². The van der Waals surface area contributed by atoms with Gasteiger partial charge in [-0.15, -0.1) is 24.0 Å². The first-order chi connectivity index (χ1) is 10.2. The van der Waals surface area contributed by atoms with Crippen molar-refractivity contribution in [2.45, 2.75) is 26.3 Å². The second-order valence-electron chi connectivity index (χ2n) is 5.03. The molecule has 0 radical (unpaired) electrons. The van der Waals surface area contributed by atoms with Gasteiger partial charge < -0.3 is 19.4 Å². The van der Waals surface area contributed by atoms with Crippen LogP contribution in [0.1, 0.15) is 25.5 Å². The average Bonchev–Trinajstić information content (AvgIpc) is 3.04. The van der Waals surface area contributed by atoms with Crippen molar-refractivity contribution in [3.05, 3.63) is 24.2 Å². The highest BCUT2D eigenvalue weighted by Crippen LogP contribution is 2.18. The molecular formula is C15H24IN3O3. The first kappa shape index (κ1) is 18.8. The molecule has 0 aliphatic carbocycles. The summed E-state index contributed by atoms with van der Waals surface area (Å²) >= 11 is 0. The number of carbonyl (C=O) groups is 1. The molecule has 6 nitrogen and oxygen atoms in total. The van der Waals surface area contributed by atoms with E-state index in [4.69, 9.17) is 9.15 Å². The van der Waals surface area contributed by atoms with E-state index in [1.165, 1.54) is 7.11 Å². The van der Waals surface area contributed by atoms with Gasteiger partial charge in [0.1, 0.15) is 12.3 Å². The number of hydrogen-bond acceptors (Lipinski definition) is 4. The number of aliphatic imine (C=N–C) groups is 1. The lowest BCUT2D eigenvalue weighted by Crippen LogP contribution is -2.46. The van der Waals surface area contributed by atoms with E-state index < -0.39 is 0 Å². The summed E-state index contributed by atoms with van der Waals surface area (Å²) in [6, 6.07) is 3.77. The average molecular weight is 421 g/mol. The van der Waals surface area contributed by atoms with Crippen LogP contribution < -0.4 is 5.32 Å². The van der Waals surface area contributed by atoms with Crippen molar-refractivity contribution in [1.29, 1.82) is 0 Å². The lowest BCUT2D eigenvalue weighted by Gasteiger charge is -2.33. The Morgan fingerprint density at radius 3 is 2.77 bits per heavy atom. The number of hydrogen-bond donors (Lipinski definition) is 1. The highest BCUT2D eigenvalue weighted by atomic mass is 127. The fraction of sp³-hybridized carbons (Fsp3) is 0.600. The number of likely N-dealkylation sites (tertiary alicyclic amines) is 1. The minimum atomic E-state index is -0.104. The Kier molecular flexibility index (Phi) is 8.29. The predicted molar refractivity (Wildman–Crippen MR) is 95.3 cm³/mol. The number of halogens is 1. The smallest absolute Gasteiger partial charge is 0.308 e. The van der Waals surface area contributed by atoms with Crippen molar-refractivity contribution in [3.63, 3.8) is 0 Å². The van der Waals surface area contributed by atoms with Crippen molar-refractivity contribution in [3.8, 4) is 0 Å². The van der Waals surface area contributed by atoms with E-state index in [1.807, 2.05) is 19.1 Å². The van der Waals surface area contributed by atoms with E-state index in [2.05, 4.69) is 15.2 Å². The SMILES string of the molecule is CCNC(=NCc1ccco1)N1CCC(C(=O)OC)CC1.I. The Bertz CT molecular complexity index is 468. The highest BCUT2D eigenvalue weighted by Gasteiger charge is 2.26. The van der Waals surface area contributed by atoms with Gasteiger partial charge in [0, 0.05) is 19.6 Å². The highest BCUT2D eigenvalue weighted by molar-refractivity contribution is 14.0. The molecule has 1 aliphatic heterocycles. The first-order valence-corrected chi connectivity index (χ1v) is 7.38. The maximum atomic E-state index is 11.6. The van der Waals surface area contributed by atoms with Gasteiger partial charge in [-0.25, -0.2) is 4.99 Å². The minimum Gasteiger partial charge on any atom is -0.469 e. The molecule has 7 heteroatoms. The van der Waals surface area contributed by atoms with Gasteiger partial charge in [0.25, 0.3) is 0 Å². The van der Waals surface area contributed by atoms with Crippen LogP contribution in [-0.4, -0.2) is 43.6 Å². The van der Waals surface area contributed by atoms with Crippen molar-refractivity contribution in [1.82, 2.24) is 10.2 Å². The quantitative estimate of drug-likeness (QED) is 0.350. The van der Waals surface area contributed by atoms with Gasteiger partial charge in [-0.1, -0.05) is 0 Å². The van der Waals surface area contributed by atoms with Gasteiger partial charge in [0.05, 0.1) is 19.3 Å². The number of esters is 1. The zero-order valence-corrected chi connectivity index (χ0v) is 15.4. The van der Waals surface area contributed by atoms with Crippen molar-refractivity contribution in [2.75, 3.05) is 26.7 Å². The Balaban J connectivity index is 0.00000242. The number of carbonyl (C=O) groups excluding carboxylic acids is 1. The topological polar surface area (TPSA) is 67.1 Å². The molecule has 1 aromatic heterocycles. The Morgan fingerprint density at radius 1 is 1.50 bits per heavy atom. The van der Waals surface area contributed by atoms with E-state index >= 15 is 0 Å². The Morgan fingerprint density at radius 2 is 2.23 bits per heavy atom. The van der Waals surface area contributed by atoms with Gasteiger partial charge in [0.2, 0.25) is 0 Å². The number of ether oxygens (including phenoxy) is 1. The molecule has 1 fully saturated rings. The number of piperidine rings is 1. The van der Waals surface area contributed by atoms with Crippen LogP contribution in [0.25, 0.3) is 0 Å². The van der Waals surface area contributed by atoms with E-state index in [1.54, 1.807) is 6.26 Å². The molecule has 0 bridgehead atoms. The summed E-state index contributed by atoms with van der Waals surface area (Å²) in [6.45, 7) is 5.00. The Labute approximate surface area is 148 Å². The van der Waals surface area contributed by atoms with Crippen LogP contribution in [-0.2, 0) is 16.1 Å². The lowest BCUT2D eigenvalue weighted by atomic mass is 9.97. The molecular weight excluding hydrogens is 397 g/mol. The molecule has 2 heterocycles. The third-order valence-corrected chi connectivity index (χ3v) is 3.63. The summed E-state index contributed by atoms with van der Waals surface area (Å²) in [4.78, 5) is 18.3. The largest absolute Gasteiger partial charge is 0.469 e. The molecule has 1 aliphatic rings. The van der Waals surface area contributed by atoms with Gasteiger partial charge in [-0.2, -0.15) is 0 Å². The summed E-state index contributed by atoms with van der Waals surface area (Å²) in [5.74, 6) is 1.62. The molecule has 1 aromatic rings. The molecule has 0 aromatic carbocycles. The van der Waals surface area contributed by atoms with E-state index in [0.29, 0.717) is 6.54 Å². The third-order valence-electron chi connectivity index (χ3n) is 3.63. The second-order valence-corrected chi connectivity index (χ2v) is 5.03. The molecule has 2 rings (SSSR count). The minimum absolute atomic E-state index is 0. The van der Waals surface area contributed by atoms with Crippen LogP contribution in [0.3, 0.4) is 0 Å². The van der Waals surface area contributed by atoms with Gasteiger partial charge in [-0.05, 0) is 31.9 Å². The molecule has 0 saturated carbocycles. The maximum absolute atomic E-state index is 11.6. The van der Waals surface area contributed by atoms with Crippen LogP contribution >= 0.6 is 24.0 Å². The molecule has 124 valence electrons. The first-order valence-electron chi connectivity index (χ1n) is 7.38. The number of furan rings is 1. The maximum Gasteiger partial charge on any atom is 0.308 e. The van der Waals surface area contributed by atoms with Crippen molar-refractivity contribution < 1.29 is 13.9 Å². The van der Waals surface area contributed by atoms with Crippen LogP contribution in [0.5, 0.6) is 0 Å². The van der Waals surface area contributed by atoms with Crippen LogP contribution in [0.4, 0.5) is 0 Å². The molecule has 1 N–H and O–H groups in total. The number of guanidine groups is 1. The predicted octanol–water partition coefficient (Wildman–Crippen LogP) is 2.25. The summed E-state index contributed by atoms with van der Waals surface area (Å²) in [5, 5.41) is 3.29. The van der Waals surface area contributed by atoms with Crippen molar-refractivity contribution >= 4 is 35.9 Å². The number of nitrogens with one attached hydrogen (secondary N) is 1. The third kappa shape index (κ3) is 5.19. The number of nitrogens with zero attached hydrogens (tertiary/aromatic N) is 2. The fourth-order valence-electron chi connectivity index (χ4n) is 2.47. The summed E-state index contributed by atoms with van der Waals surface area (Å²) < 4.78 is 10.1. The van der Waals surface area contributed by atoms with Crippen LogP contribution in [0.15, 0.2) is 27.8 Å². The molecule has 0 unspecified atom stereocenters. The van der Waals surface area contributed by atoms with Gasteiger partial charge in [0.15, 0.2) is 5.96 Å². The number of methoxy groups -OCH3 is 1. The van der Waals surface area contributed by atoms with Gasteiger partial charge >= 0.3 is 5.97 Å². The molecule has 0 amide bonds. The van der Waals surface area contributed by atoms with Crippen molar-refractivity contribution in [2.24, 2.45) is 10.9 Å². The molecule has 22 heavy (non-hydrogen) atoms. The van der Waals surface area contributed by atoms with E-state index in [9.17, 15) is 4.79 Å².